The number of non-ortho nitro benzene ring substituents is 1. The zero-order valence-corrected chi connectivity index (χ0v) is 20.7. The molecule has 2 N–H and O–H groups in total. The van der Waals surface area contributed by atoms with Gasteiger partial charge in [-0.15, -0.1) is 0 Å². The van der Waals surface area contributed by atoms with Crippen LogP contribution in [0.2, 0.25) is 0 Å². The molecule has 0 saturated heterocycles. The number of aromatic nitrogens is 1. The molecule has 8 nitrogen and oxygen atoms in total. The Morgan fingerprint density at radius 1 is 0.718 bits per heavy atom. The van der Waals surface area contributed by atoms with Crippen molar-refractivity contribution in [3.8, 4) is 11.5 Å². The Kier molecular flexibility index (Phi) is 7.36. The van der Waals surface area contributed by atoms with Crippen LogP contribution in [-0.2, 0) is 0 Å². The molecule has 5 aromatic rings. The van der Waals surface area contributed by atoms with E-state index in [0.29, 0.717) is 16.7 Å². The minimum Gasteiger partial charge on any atom is -0.507 e. The third-order valence-electron chi connectivity index (χ3n) is 6.35. The van der Waals surface area contributed by atoms with E-state index < -0.39 is 17.0 Å². The van der Waals surface area contributed by atoms with Gasteiger partial charge < -0.3 is 10.2 Å². The van der Waals surface area contributed by atoms with E-state index in [0.717, 1.165) is 16.5 Å². The highest BCUT2D eigenvalue weighted by atomic mass is 16.6. The Balaban J connectivity index is 1.70. The molecule has 2 atom stereocenters. The van der Waals surface area contributed by atoms with Gasteiger partial charge in [-0.3, -0.25) is 25.1 Å². The second-order valence-electron chi connectivity index (χ2n) is 8.83. The molecule has 39 heavy (non-hydrogen) atoms. The first-order valence-electron chi connectivity index (χ1n) is 12.2. The summed E-state index contributed by atoms with van der Waals surface area (Å²) in [5.41, 5.74) is 3.22. The van der Waals surface area contributed by atoms with Crippen LogP contribution in [0.1, 0.15) is 34.3 Å². The number of hydrogen-bond acceptors (Lipinski definition) is 7. The lowest BCUT2D eigenvalue weighted by atomic mass is 9.92. The van der Waals surface area contributed by atoms with Crippen molar-refractivity contribution in [1.82, 2.24) is 4.98 Å². The highest BCUT2D eigenvalue weighted by molar-refractivity contribution is 5.86. The van der Waals surface area contributed by atoms with Crippen molar-refractivity contribution in [1.29, 1.82) is 0 Å². The van der Waals surface area contributed by atoms with Gasteiger partial charge in [-0.2, -0.15) is 0 Å². The summed E-state index contributed by atoms with van der Waals surface area (Å²) in [5.74, 6) is 0.158. The normalized spacial score (nSPS) is 13.1. The number of aromatic hydroxyl groups is 2. The Morgan fingerprint density at radius 3 is 1.92 bits per heavy atom. The minimum absolute atomic E-state index is 0.0386. The number of fused-ring (bicyclic) bond motifs is 1. The highest BCUT2D eigenvalue weighted by Gasteiger charge is 2.26. The monoisotopic (exact) mass is 516 g/mol. The maximum atomic E-state index is 11.3. The Labute approximate surface area is 224 Å². The third-order valence-corrected chi connectivity index (χ3v) is 6.35. The van der Waals surface area contributed by atoms with Crippen molar-refractivity contribution in [2.75, 3.05) is 0 Å². The summed E-state index contributed by atoms with van der Waals surface area (Å²) < 4.78 is 0. The number of hydrogen-bond donors (Lipinski definition) is 2. The fourth-order valence-corrected chi connectivity index (χ4v) is 4.36. The Morgan fingerprint density at radius 2 is 1.31 bits per heavy atom. The highest BCUT2D eigenvalue weighted by Crippen LogP contribution is 2.39. The van der Waals surface area contributed by atoms with E-state index in [1.54, 1.807) is 79.3 Å². The van der Waals surface area contributed by atoms with Crippen molar-refractivity contribution >= 4 is 29.0 Å². The quantitative estimate of drug-likeness (QED) is 0.137. The number of nitrogens with zero attached hydrogens (tertiary/aromatic N) is 4. The molecule has 0 bridgehead atoms. The van der Waals surface area contributed by atoms with Gasteiger partial charge in [-0.05, 0) is 48.0 Å². The number of nitro groups is 1. The largest absolute Gasteiger partial charge is 0.507 e. The van der Waals surface area contributed by atoms with Crippen molar-refractivity contribution in [2.45, 2.75) is 12.1 Å². The summed E-state index contributed by atoms with van der Waals surface area (Å²) in [7, 11) is 0. The average Bonchev–Trinajstić information content (AvgIpc) is 2.96. The van der Waals surface area contributed by atoms with Gasteiger partial charge in [0.25, 0.3) is 5.69 Å². The number of rotatable bonds is 8. The predicted octanol–water partition coefficient (Wildman–Crippen LogP) is 6.57. The molecule has 192 valence electrons. The Bertz CT molecular complexity index is 1680. The van der Waals surface area contributed by atoms with Gasteiger partial charge in [0.05, 0.1) is 10.4 Å². The molecule has 1 aromatic heterocycles. The van der Waals surface area contributed by atoms with Gasteiger partial charge in [0, 0.05) is 52.8 Å². The van der Waals surface area contributed by atoms with E-state index in [9.17, 15) is 20.3 Å². The molecule has 5 rings (SSSR count). The molecule has 0 radical (unpaired) electrons. The summed E-state index contributed by atoms with van der Waals surface area (Å²) in [6.45, 7) is 0. The molecule has 1 heterocycles. The lowest BCUT2D eigenvalue weighted by Gasteiger charge is -2.23. The van der Waals surface area contributed by atoms with E-state index in [2.05, 4.69) is 4.98 Å². The molecular formula is C31H24N4O4. The summed E-state index contributed by atoms with van der Waals surface area (Å²) in [5, 5.41) is 32.9. The third kappa shape index (κ3) is 5.65. The topological polar surface area (TPSA) is 121 Å². The van der Waals surface area contributed by atoms with Gasteiger partial charge in [-0.25, -0.2) is 0 Å². The number of nitro benzene ring substituents is 1. The molecule has 0 aliphatic rings. The molecule has 8 heteroatoms. The molecular weight excluding hydrogens is 492 g/mol. The van der Waals surface area contributed by atoms with E-state index >= 15 is 0 Å². The van der Waals surface area contributed by atoms with Crippen molar-refractivity contribution in [3.05, 3.63) is 142 Å². The van der Waals surface area contributed by atoms with Gasteiger partial charge in [-0.1, -0.05) is 48.5 Å². The maximum absolute atomic E-state index is 11.3. The van der Waals surface area contributed by atoms with Gasteiger partial charge in [0.1, 0.15) is 23.6 Å². The number of benzene rings is 4. The smallest absolute Gasteiger partial charge is 0.269 e. The molecule has 0 amide bonds. The fraction of sp³-hybridized carbons (Fsp3) is 0.0645. The van der Waals surface area contributed by atoms with Crippen LogP contribution in [0.25, 0.3) is 10.9 Å². The van der Waals surface area contributed by atoms with Crippen LogP contribution in [0.5, 0.6) is 11.5 Å². The maximum Gasteiger partial charge on any atom is 0.269 e. The van der Waals surface area contributed by atoms with Crippen molar-refractivity contribution in [3.63, 3.8) is 0 Å². The van der Waals surface area contributed by atoms with E-state index in [1.807, 2.05) is 30.3 Å². The molecule has 0 fully saturated rings. The van der Waals surface area contributed by atoms with Crippen LogP contribution in [0.15, 0.2) is 119 Å². The van der Waals surface area contributed by atoms with Crippen molar-refractivity contribution < 1.29 is 15.1 Å². The lowest BCUT2D eigenvalue weighted by Crippen LogP contribution is -2.10. The van der Waals surface area contributed by atoms with Crippen LogP contribution in [-0.4, -0.2) is 32.5 Å². The van der Waals surface area contributed by atoms with Crippen LogP contribution < -0.4 is 0 Å². The van der Waals surface area contributed by atoms with Crippen LogP contribution in [0, 0.1) is 10.1 Å². The molecule has 1 unspecified atom stereocenters. The summed E-state index contributed by atoms with van der Waals surface area (Å²) >= 11 is 0. The zero-order chi connectivity index (χ0) is 27.2. The van der Waals surface area contributed by atoms with Gasteiger partial charge in [0.2, 0.25) is 0 Å². The molecule has 0 saturated carbocycles. The molecule has 4 aromatic carbocycles. The number of aliphatic imine (C=N–C) groups is 2. The first-order valence-corrected chi connectivity index (χ1v) is 12.2. The number of para-hydroxylation sites is 3. The van der Waals surface area contributed by atoms with Crippen molar-refractivity contribution in [2.24, 2.45) is 9.98 Å². The minimum atomic E-state index is -0.653. The van der Waals surface area contributed by atoms with E-state index in [-0.39, 0.29) is 17.2 Å². The summed E-state index contributed by atoms with van der Waals surface area (Å²) in [6.07, 6.45) is 4.87. The van der Waals surface area contributed by atoms with Crippen LogP contribution >= 0.6 is 0 Å². The zero-order valence-electron chi connectivity index (χ0n) is 20.7. The molecule has 0 aliphatic heterocycles. The fourth-order valence-electron chi connectivity index (χ4n) is 4.36. The van der Waals surface area contributed by atoms with Crippen LogP contribution in [0.4, 0.5) is 5.69 Å². The standard InChI is InChI=1S/C31H24N4O4/c36-27-12-3-1-7-23(27)19-33-30(22-14-16-25(17-15-22)35(38)39)31(34-20-24-8-2-4-13-28(24)37)26-11-5-9-21-10-6-18-32-29(21)26/h1-20,30-31,36-37H/t30?,31-/m0/s1. The Hall–Kier alpha value is -5.37. The van der Waals surface area contributed by atoms with E-state index in [4.69, 9.17) is 9.98 Å². The molecule has 0 aliphatic carbocycles. The van der Waals surface area contributed by atoms with Gasteiger partial charge >= 0.3 is 0 Å². The number of phenols is 2. The van der Waals surface area contributed by atoms with Crippen LogP contribution in [0.3, 0.4) is 0 Å². The average molecular weight is 517 g/mol. The second kappa shape index (κ2) is 11.4. The predicted molar refractivity (Wildman–Crippen MR) is 152 cm³/mol. The molecule has 0 spiro atoms. The summed E-state index contributed by atoms with van der Waals surface area (Å²) in [4.78, 5) is 25.2. The first-order chi connectivity index (χ1) is 19.0. The second-order valence-corrected chi connectivity index (χ2v) is 8.83. The lowest BCUT2D eigenvalue weighted by molar-refractivity contribution is -0.384. The summed E-state index contributed by atoms with van der Waals surface area (Å²) in [6, 6.07) is 28.2. The number of pyridine rings is 1. The van der Waals surface area contributed by atoms with E-state index in [1.165, 1.54) is 12.1 Å². The SMILES string of the molecule is O=[N+]([O-])c1ccc(C(N=Cc2ccccc2O)[C@@H](N=Cc2ccccc2O)c2cccc3cccnc23)cc1. The van der Waals surface area contributed by atoms with Gasteiger partial charge in [0.15, 0.2) is 0 Å². The number of phenolic OH excluding ortho intramolecular Hbond substituents is 2. The first kappa shape index (κ1) is 25.3.